The summed E-state index contributed by atoms with van der Waals surface area (Å²) in [7, 11) is 3.43. The van der Waals surface area contributed by atoms with E-state index in [9.17, 15) is 9.59 Å². The number of aryl methyl sites for hydroxylation is 1. The number of pyridine rings is 1. The van der Waals surface area contributed by atoms with Gasteiger partial charge in [-0.1, -0.05) is 0 Å². The van der Waals surface area contributed by atoms with Gasteiger partial charge in [0, 0.05) is 43.7 Å². The number of anilines is 1. The molecule has 1 aromatic carbocycles. The highest BCUT2D eigenvalue weighted by Gasteiger charge is 2.27. The number of ether oxygens (including phenoxy) is 1. The van der Waals surface area contributed by atoms with Gasteiger partial charge in [-0.3, -0.25) is 18.9 Å². The van der Waals surface area contributed by atoms with E-state index < -0.39 is 0 Å². The first-order chi connectivity index (χ1) is 14.1. The molecule has 2 aromatic heterocycles. The summed E-state index contributed by atoms with van der Waals surface area (Å²) in [5.41, 5.74) is 2.57. The van der Waals surface area contributed by atoms with Gasteiger partial charge in [0.2, 0.25) is 5.91 Å². The molecular formula is C22H26N4O3. The molecule has 1 amide bonds. The summed E-state index contributed by atoms with van der Waals surface area (Å²) in [6.07, 6.45) is 6.88. The summed E-state index contributed by atoms with van der Waals surface area (Å²) in [5.74, 6) is 1.22. The third kappa shape index (κ3) is 3.90. The van der Waals surface area contributed by atoms with Crippen molar-refractivity contribution in [2.24, 2.45) is 18.9 Å². The molecule has 0 radical (unpaired) electrons. The SMILES string of the molecule is COc1ccc2c(c1)n(CC1CCC(C(=O)Nc3ccncc3)CC1)c(=O)n2C. The van der Waals surface area contributed by atoms with Crippen LogP contribution < -0.4 is 15.7 Å². The number of aromatic nitrogens is 3. The molecule has 4 rings (SSSR count). The molecule has 0 saturated heterocycles. The smallest absolute Gasteiger partial charge is 0.328 e. The van der Waals surface area contributed by atoms with E-state index in [1.54, 1.807) is 43.3 Å². The summed E-state index contributed by atoms with van der Waals surface area (Å²) in [6, 6.07) is 9.31. The number of hydrogen-bond acceptors (Lipinski definition) is 4. The summed E-state index contributed by atoms with van der Waals surface area (Å²) in [4.78, 5) is 29.3. The Labute approximate surface area is 169 Å². The minimum Gasteiger partial charge on any atom is -0.497 e. The molecule has 2 heterocycles. The Bertz CT molecular complexity index is 1060. The van der Waals surface area contributed by atoms with Gasteiger partial charge in [-0.05, 0) is 55.9 Å². The number of hydrogen-bond donors (Lipinski definition) is 1. The van der Waals surface area contributed by atoms with Crippen LogP contribution in [0.2, 0.25) is 0 Å². The lowest BCUT2D eigenvalue weighted by atomic mass is 9.81. The Balaban J connectivity index is 1.43. The standard InChI is InChI=1S/C22H26N4O3/c1-25-19-8-7-18(29-2)13-20(19)26(22(25)28)14-15-3-5-16(6-4-15)21(27)24-17-9-11-23-12-10-17/h7-13,15-16H,3-6,14H2,1-2H3,(H,23,24,27). The summed E-state index contributed by atoms with van der Waals surface area (Å²) < 4.78 is 8.86. The van der Waals surface area contributed by atoms with Crippen molar-refractivity contribution in [3.05, 3.63) is 53.2 Å². The second-order valence-corrected chi connectivity index (χ2v) is 7.75. The van der Waals surface area contributed by atoms with Crippen LogP contribution in [0.3, 0.4) is 0 Å². The molecule has 1 aliphatic rings. The third-order valence-corrected chi connectivity index (χ3v) is 5.96. The zero-order valence-electron chi connectivity index (χ0n) is 16.8. The monoisotopic (exact) mass is 394 g/mol. The van der Waals surface area contributed by atoms with E-state index in [4.69, 9.17) is 4.74 Å². The van der Waals surface area contributed by atoms with Gasteiger partial charge in [-0.15, -0.1) is 0 Å². The Kier molecular flexibility index (Phi) is 5.38. The summed E-state index contributed by atoms with van der Waals surface area (Å²) in [6.45, 7) is 0.669. The maximum absolute atomic E-state index is 12.8. The van der Waals surface area contributed by atoms with Gasteiger partial charge in [0.25, 0.3) is 0 Å². The maximum atomic E-state index is 12.8. The Morgan fingerprint density at radius 3 is 2.55 bits per heavy atom. The number of rotatable bonds is 5. The zero-order valence-corrected chi connectivity index (χ0v) is 16.8. The molecule has 7 nitrogen and oxygen atoms in total. The largest absolute Gasteiger partial charge is 0.497 e. The number of methoxy groups -OCH3 is 1. The van der Waals surface area contributed by atoms with Gasteiger partial charge in [-0.25, -0.2) is 4.79 Å². The molecule has 29 heavy (non-hydrogen) atoms. The van der Waals surface area contributed by atoms with Crippen LogP contribution >= 0.6 is 0 Å². The predicted molar refractivity (Wildman–Crippen MR) is 112 cm³/mol. The minimum absolute atomic E-state index is 0.00851. The number of benzene rings is 1. The van der Waals surface area contributed by atoms with Crippen molar-refractivity contribution in [3.8, 4) is 5.75 Å². The lowest BCUT2D eigenvalue weighted by Gasteiger charge is -2.28. The van der Waals surface area contributed by atoms with Crippen molar-refractivity contribution in [2.45, 2.75) is 32.2 Å². The second-order valence-electron chi connectivity index (χ2n) is 7.75. The van der Waals surface area contributed by atoms with Crippen molar-refractivity contribution in [2.75, 3.05) is 12.4 Å². The van der Waals surface area contributed by atoms with Crippen molar-refractivity contribution in [1.29, 1.82) is 0 Å². The van der Waals surface area contributed by atoms with Gasteiger partial charge >= 0.3 is 5.69 Å². The lowest BCUT2D eigenvalue weighted by Crippen LogP contribution is -2.30. The molecule has 1 fully saturated rings. The van der Waals surface area contributed by atoms with Crippen LogP contribution in [0.15, 0.2) is 47.5 Å². The van der Waals surface area contributed by atoms with Crippen molar-refractivity contribution < 1.29 is 9.53 Å². The van der Waals surface area contributed by atoms with Crippen molar-refractivity contribution in [3.63, 3.8) is 0 Å². The highest BCUT2D eigenvalue weighted by atomic mass is 16.5. The number of amides is 1. The van der Waals surface area contributed by atoms with E-state index in [-0.39, 0.29) is 17.5 Å². The van der Waals surface area contributed by atoms with E-state index in [2.05, 4.69) is 10.3 Å². The average molecular weight is 394 g/mol. The van der Waals surface area contributed by atoms with Gasteiger partial charge in [0.1, 0.15) is 5.75 Å². The number of nitrogens with one attached hydrogen (secondary N) is 1. The van der Waals surface area contributed by atoms with E-state index in [1.165, 1.54) is 0 Å². The molecule has 0 atom stereocenters. The molecule has 0 bridgehead atoms. The van der Waals surface area contributed by atoms with Crippen molar-refractivity contribution >= 4 is 22.6 Å². The maximum Gasteiger partial charge on any atom is 0.328 e. The van der Waals surface area contributed by atoms with E-state index in [0.29, 0.717) is 12.5 Å². The van der Waals surface area contributed by atoms with Gasteiger partial charge in [0.15, 0.2) is 0 Å². The topological polar surface area (TPSA) is 78.2 Å². The fourth-order valence-electron chi connectivity index (χ4n) is 4.24. The molecule has 0 unspecified atom stereocenters. The Morgan fingerprint density at radius 2 is 1.86 bits per heavy atom. The fraction of sp³-hybridized carbons (Fsp3) is 0.409. The van der Waals surface area contributed by atoms with Crippen LogP contribution in [0.5, 0.6) is 5.75 Å². The van der Waals surface area contributed by atoms with E-state index in [0.717, 1.165) is 48.2 Å². The first-order valence-electron chi connectivity index (χ1n) is 10.0. The molecule has 152 valence electrons. The van der Waals surface area contributed by atoms with E-state index >= 15 is 0 Å². The normalized spacial score (nSPS) is 19.2. The number of imidazole rings is 1. The van der Waals surface area contributed by atoms with Crippen LogP contribution in [0, 0.1) is 11.8 Å². The Hall–Kier alpha value is -3.09. The van der Waals surface area contributed by atoms with E-state index in [1.807, 2.05) is 22.8 Å². The van der Waals surface area contributed by atoms with Crippen LogP contribution in [0.1, 0.15) is 25.7 Å². The van der Waals surface area contributed by atoms with Crippen LogP contribution in [0.25, 0.3) is 11.0 Å². The Morgan fingerprint density at radius 1 is 1.14 bits per heavy atom. The molecule has 1 N–H and O–H groups in total. The highest BCUT2D eigenvalue weighted by molar-refractivity contribution is 5.92. The zero-order chi connectivity index (χ0) is 20.4. The number of fused-ring (bicyclic) bond motifs is 1. The predicted octanol–water partition coefficient (Wildman–Crippen LogP) is 3.19. The fourth-order valence-corrected chi connectivity index (χ4v) is 4.24. The van der Waals surface area contributed by atoms with Crippen LogP contribution in [0.4, 0.5) is 5.69 Å². The summed E-state index contributed by atoms with van der Waals surface area (Å²) in [5, 5.41) is 2.97. The minimum atomic E-state index is -0.00851. The average Bonchev–Trinajstić information content (AvgIpc) is 2.99. The quantitative estimate of drug-likeness (QED) is 0.721. The van der Waals surface area contributed by atoms with Crippen molar-refractivity contribution in [1.82, 2.24) is 14.1 Å². The van der Waals surface area contributed by atoms with Gasteiger partial charge < -0.3 is 10.1 Å². The number of nitrogens with zero attached hydrogens (tertiary/aromatic N) is 3. The lowest BCUT2D eigenvalue weighted by molar-refractivity contribution is -0.121. The molecular weight excluding hydrogens is 368 g/mol. The molecule has 7 heteroatoms. The van der Waals surface area contributed by atoms with Gasteiger partial charge in [-0.2, -0.15) is 0 Å². The van der Waals surface area contributed by atoms with Crippen LogP contribution in [-0.2, 0) is 18.4 Å². The first-order valence-corrected chi connectivity index (χ1v) is 10.0. The molecule has 0 aliphatic heterocycles. The molecule has 1 saturated carbocycles. The third-order valence-electron chi connectivity index (χ3n) is 5.96. The highest BCUT2D eigenvalue weighted by Crippen LogP contribution is 2.31. The molecule has 1 aliphatic carbocycles. The number of carbonyl (C=O) groups is 1. The number of carbonyl (C=O) groups excluding carboxylic acids is 1. The summed E-state index contributed by atoms with van der Waals surface area (Å²) >= 11 is 0. The molecule has 3 aromatic rings. The van der Waals surface area contributed by atoms with Gasteiger partial charge in [0.05, 0.1) is 18.1 Å². The first kappa shape index (κ1) is 19.2. The van der Waals surface area contributed by atoms with Crippen LogP contribution in [-0.4, -0.2) is 27.1 Å². The molecule has 0 spiro atoms. The second kappa shape index (κ2) is 8.11.